The van der Waals surface area contributed by atoms with Crippen LogP contribution in [0.3, 0.4) is 0 Å². The number of nitrogens with one attached hydrogen (secondary N) is 1. The van der Waals surface area contributed by atoms with Gasteiger partial charge in [-0.1, -0.05) is 24.3 Å². The third-order valence-corrected chi connectivity index (χ3v) is 5.88. The Kier molecular flexibility index (Phi) is 4.41. The lowest BCUT2D eigenvalue weighted by atomic mass is 9.79. The van der Waals surface area contributed by atoms with Crippen molar-refractivity contribution in [1.82, 2.24) is 10.2 Å². The molecule has 3 aliphatic rings. The van der Waals surface area contributed by atoms with Gasteiger partial charge in [0.1, 0.15) is 5.76 Å². The molecule has 3 fully saturated rings. The van der Waals surface area contributed by atoms with E-state index in [1.165, 1.54) is 0 Å². The molecule has 1 N–H and O–H groups in total. The molecule has 5 rings (SSSR count). The van der Waals surface area contributed by atoms with Gasteiger partial charge in [0.2, 0.25) is 0 Å². The number of carbonyl (C=O) groups excluding carboxylic acids is 2. The van der Waals surface area contributed by atoms with Crippen molar-refractivity contribution in [2.45, 2.75) is 38.8 Å². The highest BCUT2D eigenvalue weighted by atomic mass is 16.3. The van der Waals surface area contributed by atoms with Crippen LogP contribution in [-0.2, 0) is 0 Å². The summed E-state index contributed by atoms with van der Waals surface area (Å²) in [6, 6.07) is 11.3. The molecule has 2 atom stereocenters. The molecule has 26 heavy (non-hydrogen) atoms. The summed E-state index contributed by atoms with van der Waals surface area (Å²) < 4.78 is 5.78. The summed E-state index contributed by atoms with van der Waals surface area (Å²) in [6.45, 7) is 6.01. The minimum Gasteiger partial charge on any atom is -0.451 e. The Hall–Kier alpha value is -2.40. The first-order chi connectivity index (χ1) is 12.5. The van der Waals surface area contributed by atoms with Crippen molar-refractivity contribution in [3.05, 3.63) is 47.7 Å². The molecule has 2 bridgehead atoms. The van der Waals surface area contributed by atoms with Gasteiger partial charge in [-0.3, -0.25) is 14.5 Å². The van der Waals surface area contributed by atoms with Gasteiger partial charge in [-0.15, -0.1) is 0 Å². The second-order valence-electron chi connectivity index (χ2n) is 7.41. The van der Waals surface area contributed by atoms with E-state index in [2.05, 4.69) is 17.1 Å². The topological polar surface area (TPSA) is 62.6 Å². The number of benzene rings is 1. The molecule has 1 aromatic heterocycles. The molecule has 0 saturated carbocycles. The summed E-state index contributed by atoms with van der Waals surface area (Å²) in [5.74, 6) is 1.41. The van der Waals surface area contributed by atoms with Crippen molar-refractivity contribution in [2.24, 2.45) is 5.92 Å². The van der Waals surface area contributed by atoms with Crippen LogP contribution in [0.1, 0.15) is 47.6 Å². The number of ketones is 1. The maximum atomic E-state index is 12.7. The minimum absolute atomic E-state index is 0.0303. The van der Waals surface area contributed by atoms with Crippen molar-refractivity contribution >= 4 is 11.7 Å². The number of hydrogen-bond donors (Lipinski definition) is 1. The Morgan fingerprint density at radius 3 is 2.38 bits per heavy atom. The molecule has 0 aliphatic carbocycles. The van der Waals surface area contributed by atoms with Gasteiger partial charge in [-0.25, -0.2) is 0 Å². The summed E-state index contributed by atoms with van der Waals surface area (Å²) in [5, 5.41) is 3.19. The van der Waals surface area contributed by atoms with E-state index in [1.54, 1.807) is 31.2 Å². The van der Waals surface area contributed by atoms with Gasteiger partial charge in [-0.2, -0.15) is 0 Å². The number of rotatable bonds is 4. The Balaban J connectivity index is 1.47. The van der Waals surface area contributed by atoms with Crippen LogP contribution in [-0.4, -0.2) is 41.8 Å². The molecule has 1 amide bonds. The van der Waals surface area contributed by atoms with Crippen LogP contribution < -0.4 is 5.32 Å². The van der Waals surface area contributed by atoms with E-state index in [4.69, 9.17) is 4.42 Å². The Morgan fingerprint density at radius 1 is 1.08 bits per heavy atom. The number of piperidine rings is 3. The zero-order chi connectivity index (χ0) is 18.3. The van der Waals surface area contributed by atoms with Crippen LogP contribution >= 0.6 is 0 Å². The van der Waals surface area contributed by atoms with Gasteiger partial charge in [0, 0.05) is 23.2 Å². The third kappa shape index (κ3) is 3.07. The van der Waals surface area contributed by atoms with Crippen LogP contribution in [0, 0.1) is 5.92 Å². The van der Waals surface area contributed by atoms with E-state index in [9.17, 15) is 9.59 Å². The monoisotopic (exact) mass is 352 g/mol. The van der Waals surface area contributed by atoms with Crippen LogP contribution in [0.25, 0.3) is 11.3 Å². The average molecular weight is 352 g/mol. The molecule has 0 spiro atoms. The maximum absolute atomic E-state index is 12.7. The highest BCUT2D eigenvalue weighted by Crippen LogP contribution is 2.32. The molecular weight excluding hydrogens is 328 g/mol. The zero-order valence-corrected chi connectivity index (χ0v) is 15.2. The van der Waals surface area contributed by atoms with Crippen molar-refractivity contribution < 1.29 is 14.0 Å². The molecule has 2 aromatic rings. The molecule has 5 nitrogen and oxygen atoms in total. The molecule has 3 aliphatic heterocycles. The first-order valence-corrected chi connectivity index (χ1v) is 9.29. The second kappa shape index (κ2) is 6.72. The van der Waals surface area contributed by atoms with E-state index in [0.717, 1.165) is 31.5 Å². The molecule has 0 radical (unpaired) electrons. The highest BCUT2D eigenvalue weighted by molar-refractivity contribution is 5.94. The summed E-state index contributed by atoms with van der Waals surface area (Å²) >= 11 is 0. The Bertz CT molecular complexity index is 814. The third-order valence-electron chi connectivity index (χ3n) is 5.88. The maximum Gasteiger partial charge on any atom is 0.287 e. The molecule has 3 saturated heterocycles. The second-order valence-corrected chi connectivity index (χ2v) is 7.41. The number of amides is 1. The van der Waals surface area contributed by atoms with Crippen molar-refractivity contribution in [3.8, 4) is 11.3 Å². The molecule has 136 valence electrons. The fourth-order valence-electron chi connectivity index (χ4n) is 4.25. The van der Waals surface area contributed by atoms with E-state index < -0.39 is 0 Å². The summed E-state index contributed by atoms with van der Waals surface area (Å²) in [7, 11) is 0. The zero-order valence-electron chi connectivity index (χ0n) is 15.2. The van der Waals surface area contributed by atoms with Gasteiger partial charge in [0.15, 0.2) is 11.5 Å². The van der Waals surface area contributed by atoms with Gasteiger partial charge >= 0.3 is 0 Å². The van der Waals surface area contributed by atoms with Crippen molar-refractivity contribution in [3.63, 3.8) is 0 Å². The van der Waals surface area contributed by atoms with E-state index >= 15 is 0 Å². The number of carbonyl (C=O) groups is 2. The SMILES string of the molecule is CC(=O)c1ccc(-c2ccc(C(=O)NC3C4CCN(CC4)C3C)o2)cc1. The van der Waals surface area contributed by atoms with Crippen LogP contribution in [0.15, 0.2) is 40.8 Å². The molecule has 5 heteroatoms. The first-order valence-electron chi connectivity index (χ1n) is 9.29. The molecule has 4 heterocycles. The Morgan fingerprint density at radius 2 is 1.77 bits per heavy atom. The average Bonchev–Trinajstić information content (AvgIpc) is 3.15. The number of nitrogens with zero attached hydrogens (tertiary/aromatic N) is 1. The predicted molar refractivity (Wildman–Crippen MR) is 99.2 cm³/mol. The predicted octanol–water partition coefficient (Wildman–Crippen LogP) is 3.36. The van der Waals surface area contributed by atoms with Crippen LogP contribution in [0.2, 0.25) is 0 Å². The highest BCUT2D eigenvalue weighted by Gasteiger charge is 2.40. The molecule has 2 unspecified atom stereocenters. The quantitative estimate of drug-likeness (QED) is 0.857. The fraction of sp³-hybridized carbons (Fsp3) is 0.429. The van der Waals surface area contributed by atoms with E-state index in [0.29, 0.717) is 29.0 Å². The van der Waals surface area contributed by atoms with Crippen molar-refractivity contribution in [2.75, 3.05) is 13.1 Å². The van der Waals surface area contributed by atoms with Crippen LogP contribution in [0.4, 0.5) is 0 Å². The lowest BCUT2D eigenvalue weighted by Crippen LogP contribution is -2.62. The summed E-state index contributed by atoms with van der Waals surface area (Å²) in [6.07, 6.45) is 2.31. The molecular formula is C21H24N2O3. The Labute approximate surface area is 153 Å². The van der Waals surface area contributed by atoms with Gasteiger partial charge < -0.3 is 9.73 Å². The first kappa shape index (κ1) is 17.0. The van der Waals surface area contributed by atoms with Crippen LogP contribution in [0.5, 0.6) is 0 Å². The number of fused-ring (bicyclic) bond motifs is 3. The van der Waals surface area contributed by atoms with Gasteiger partial charge in [-0.05, 0) is 57.8 Å². The summed E-state index contributed by atoms with van der Waals surface area (Å²) in [5.41, 5.74) is 1.51. The standard InChI is InChI=1S/C21H24N2O3/c1-13-20(17-9-11-23(13)12-10-17)22-21(25)19-8-7-18(26-19)16-5-3-15(4-6-16)14(2)24/h3-8,13,17,20H,9-12H2,1-2H3,(H,22,25). The lowest BCUT2D eigenvalue weighted by molar-refractivity contribution is 0.0211. The molecule has 1 aromatic carbocycles. The van der Waals surface area contributed by atoms with Gasteiger partial charge in [0.25, 0.3) is 5.91 Å². The lowest BCUT2D eigenvalue weighted by Gasteiger charge is -2.49. The van der Waals surface area contributed by atoms with E-state index in [-0.39, 0.29) is 17.7 Å². The fourth-order valence-corrected chi connectivity index (χ4v) is 4.25. The van der Waals surface area contributed by atoms with Crippen molar-refractivity contribution in [1.29, 1.82) is 0 Å². The smallest absolute Gasteiger partial charge is 0.287 e. The summed E-state index contributed by atoms with van der Waals surface area (Å²) in [4.78, 5) is 26.5. The number of furan rings is 1. The van der Waals surface area contributed by atoms with Gasteiger partial charge in [0.05, 0.1) is 0 Å². The number of Topliss-reactive ketones (excluding diaryl/α,β-unsaturated/α-hetero) is 1. The number of hydrogen-bond acceptors (Lipinski definition) is 4. The minimum atomic E-state index is -0.151. The normalized spacial score (nSPS) is 27.3. The largest absolute Gasteiger partial charge is 0.451 e. The van der Waals surface area contributed by atoms with E-state index in [1.807, 2.05) is 12.1 Å².